The number of rotatable bonds is 6. The van der Waals surface area contributed by atoms with Crippen LogP contribution in [0.1, 0.15) is 26.7 Å². The standard InChI is InChI=1S/C21H20FNO2S/c1-3-21(4-2,20(24)25)26-19-10-11-23-18-9-8-15(13-17(18)19)14-6-5-7-16(22)12-14/h5-13H,3-4H2,1-2H3,(H,24,25). The number of carbonyl (C=O) groups is 1. The van der Waals surface area contributed by atoms with Gasteiger partial charge in [0, 0.05) is 16.5 Å². The molecule has 0 radical (unpaired) electrons. The highest BCUT2D eigenvalue weighted by atomic mass is 32.2. The maximum Gasteiger partial charge on any atom is 0.320 e. The van der Waals surface area contributed by atoms with Crippen molar-refractivity contribution in [3.8, 4) is 11.1 Å². The molecule has 26 heavy (non-hydrogen) atoms. The van der Waals surface area contributed by atoms with Crippen LogP contribution in [0, 0.1) is 5.82 Å². The lowest BCUT2D eigenvalue weighted by molar-refractivity contribution is -0.140. The summed E-state index contributed by atoms with van der Waals surface area (Å²) in [5.74, 6) is -1.09. The number of fused-ring (bicyclic) bond motifs is 1. The van der Waals surface area contributed by atoms with Crippen LogP contribution in [0.2, 0.25) is 0 Å². The lowest BCUT2D eigenvalue weighted by atomic mass is 10.0. The first-order valence-corrected chi connectivity index (χ1v) is 9.38. The molecule has 1 N–H and O–H groups in total. The zero-order valence-electron chi connectivity index (χ0n) is 14.7. The molecule has 0 amide bonds. The van der Waals surface area contributed by atoms with Crippen LogP contribution >= 0.6 is 11.8 Å². The molecule has 5 heteroatoms. The highest BCUT2D eigenvalue weighted by Crippen LogP contribution is 2.42. The van der Waals surface area contributed by atoms with Crippen molar-refractivity contribution < 1.29 is 14.3 Å². The van der Waals surface area contributed by atoms with Crippen LogP contribution in [0.25, 0.3) is 22.0 Å². The monoisotopic (exact) mass is 369 g/mol. The minimum atomic E-state index is -0.872. The lowest BCUT2D eigenvalue weighted by Crippen LogP contribution is -2.33. The first-order chi connectivity index (χ1) is 12.5. The number of hydrogen-bond donors (Lipinski definition) is 1. The van der Waals surface area contributed by atoms with Crippen molar-refractivity contribution in [3.63, 3.8) is 0 Å². The molecule has 0 aliphatic carbocycles. The average molecular weight is 369 g/mol. The fourth-order valence-electron chi connectivity index (χ4n) is 3.01. The summed E-state index contributed by atoms with van der Waals surface area (Å²) in [4.78, 5) is 17.1. The number of carboxylic acid groups (broad SMARTS) is 1. The van der Waals surface area contributed by atoms with Crippen LogP contribution in [-0.2, 0) is 4.79 Å². The molecule has 3 nitrogen and oxygen atoms in total. The van der Waals surface area contributed by atoms with E-state index >= 15 is 0 Å². The zero-order valence-corrected chi connectivity index (χ0v) is 15.5. The van der Waals surface area contributed by atoms with E-state index in [1.807, 2.05) is 44.2 Å². The number of pyridine rings is 1. The van der Waals surface area contributed by atoms with Crippen molar-refractivity contribution in [2.24, 2.45) is 0 Å². The van der Waals surface area contributed by atoms with E-state index in [9.17, 15) is 14.3 Å². The Balaban J connectivity index is 2.12. The first-order valence-electron chi connectivity index (χ1n) is 8.56. The Labute approximate surface area is 156 Å². The van der Waals surface area contributed by atoms with Crippen molar-refractivity contribution in [1.82, 2.24) is 4.98 Å². The Morgan fingerprint density at radius 2 is 1.85 bits per heavy atom. The van der Waals surface area contributed by atoms with E-state index < -0.39 is 10.7 Å². The smallest absolute Gasteiger partial charge is 0.320 e. The molecule has 0 aliphatic heterocycles. The molecule has 0 bridgehead atoms. The van der Waals surface area contributed by atoms with Crippen molar-refractivity contribution in [2.75, 3.05) is 0 Å². The molecule has 0 saturated heterocycles. The van der Waals surface area contributed by atoms with Gasteiger partial charge in [0.15, 0.2) is 0 Å². The summed E-state index contributed by atoms with van der Waals surface area (Å²) < 4.78 is 12.7. The Bertz CT molecular complexity index is 954. The molecule has 0 fully saturated rings. The predicted molar refractivity (Wildman–Crippen MR) is 104 cm³/mol. The lowest BCUT2D eigenvalue weighted by Gasteiger charge is -2.26. The largest absolute Gasteiger partial charge is 0.480 e. The van der Waals surface area contributed by atoms with E-state index in [0.29, 0.717) is 12.8 Å². The minimum absolute atomic E-state index is 0.287. The van der Waals surface area contributed by atoms with Crippen molar-refractivity contribution in [1.29, 1.82) is 0 Å². The molecule has 0 spiro atoms. The summed E-state index contributed by atoms with van der Waals surface area (Å²) in [6, 6.07) is 14.0. The molecule has 1 aromatic heterocycles. The van der Waals surface area contributed by atoms with Gasteiger partial charge in [0.25, 0.3) is 0 Å². The van der Waals surface area contributed by atoms with Crippen LogP contribution in [-0.4, -0.2) is 20.8 Å². The average Bonchev–Trinajstić information content (AvgIpc) is 2.65. The maximum atomic E-state index is 13.6. The van der Waals surface area contributed by atoms with Gasteiger partial charge in [-0.05, 0) is 54.3 Å². The van der Waals surface area contributed by atoms with Gasteiger partial charge in [-0.2, -0.15) is 0 Å². The van der Waals surface area contributed by atoms with Crippen LogP contribution in [0.4, 0.5) is 4.39 Å². The fourth-order valence-corrected chi connectivity index (χ4v) is 4.21. The number of halogens is 1. The number of thioether (sulfide) groups is 1. The molecule has 3 rings (SSSR count). The Morgan fingerprint density at radius 1 is 1.12 bits per heavy atom. The number of benzene rings is 2. The normalized spacial score (nSPS) is 11.7. The summed E-state index contributed by atoms with van der Waals surface area (Å²) in [5.41, 5.74) is 2.45. The molecule has 0 unspecified atom stereocenters. The Kier molecular flexibility index (Phi) is 5.28. The summed E-state index contributed by atoms with van der Waals surface area (Å²) >= 11 is 1.37. The van der Waals surface area contributed by atoms with Crippen molar-refractivity contribution in [3.05, 3.63) is 60.5 Å². The second-order valence-corrected chi connectivity index (χ2v) is 7.59. The molecule has 0 atom stereocenters. The van der Waals surface area contributed by atoms with Crippen LogP contribution in [0.15, 0.2) is 59.6 Å². The van der Waals surface area contributed by atoms with Crippen LogP contribution in [0.3, 0.4) is 0 Å². The van der Waals surface area contributed by atoms with E-state index in [1.54, 1.807) is 12.3 Å². The molecule has 0 saturated carbocycles. The zero-order chi connectivity index (χ0) is 18.7. The van der Waals surface area contributed by atoms with E-state index in [2.05, 4.69) is 4.98 Å². The van der Waals surface area contributed by atoms with E-state index in [1.165, 1.54) is 23.9 Å². The number of hydrogen-bond acceptors (Lipinski definition) is 3. The van der Waals surface area contributed by atoms with Crippen LogP contribution < -0.4 is 0 Å². The SMILES string of the molecule is CCC(CC)(Sc1ccnc2ccc(-c3cccc(F)c3)cc12)C(=O)O. The highest BCUT2D eigenvalue weighted by Gasteiger charge is 2.36. The van der Waals surface area contributed by atoms with E-state index in [-0.39, 0.29) is 5.82 Å². The summed E-state index contributed by atoms with van der Waals surface area (Å²) in [6.45, 7) is 3.79. The Hall–Kier alpha value is -2.40. The number of nitrogens with zero attached hydrogens (tertiary/aromatic N) is 1. The minimum Gasteiger partial charge on any atom is -0.480 e. The summed E-state index contributed by atoms with van der Waals surface area (Å²) in [6.07, 6.45) is 2.75. The second-order valence-electron chi connectivity index (χ2n) is 6.16. The van der Waals surface area contributed by atoms with E-state index in [4.69, 9.17) is 0 Å². The third-order valence-corrected chi connectivity index (χ3v) is 6.42. The molecule has 0 aliphatic rings. The maximum absolute atomic E-state index is 13.6. The van der Waals surface area contributed by atoms with Gasteiger partial charge in [0.1, 0.15) is 10.6 Å². The highest BCUT2D eigenvalue weighted by molar-refractivity contribution is 8.01. The quantitative estimate of drug-likeness (QED) is 0.560. The van der Waals surface area contributed by atoms with Crippen LogP contribution in [0.5, 0.6) is 0 Å². The molecular weight excluding hydrogens is 349 g/mol. The third kappa shape index (κ3) is 3.44. The molecule has 1 heterocycles. The third-order valence-electron chi connectivity index (χ3n) is 4.70. The van der Waals surface area contributed by atoms with Gasteiger partial charge in [-0.1, -0.05) is 32.0 Å². The topological polar surface area (TPSA) is 50.2 Å². The first kappa shape index (κ1) is 18.4. The fraction of sp³-hybridized carbons (Fsp3) is 0.238. The molecular formula is C21H20FNO2S. The van der Waals surface area contributed by atoms with Gasteiger partial charge in [-0.25, -0.2) is 4.39 Å². The number of aromatic nitrogens is 1. The summed E-state index contributed by atoms with van der Waals surface area (Å²) in [7, 11) is 0. The second kappa shape index (κ2) is 7.46. The Morgan fingerprint density at radius 3 is 2.50 bits per heavy atom. The van der Waals surface area contributed by atoms with Gasteiger partial charge in [0.2, 0.25) is 0 Å². The van der Waals surface area contributed by atoms with E-state index in [0.717, 1.165) is 26.9 Å². The molecule has 3 aromatic rings. The van der Waals surface area contributed by atoms with Gasteiger partial charge in [-0.3, -0.25) is 9.78 Å². The van der Waals surface area contributed by atoms with Gasteiger partial charge < -0.3 is 5.11 Å². The molecule has 134 valence electrons. The van der Waals surface area contributed by atoms with Gasteiger partial charge in [0.05, 0.1) is 5.52 Å². The van der Waals surface area contributed by atoms with Crippen molar-refractivity contribution in [2.45, 2.75) is 36.3 Å². The summed E-state index contributed by atoms with van der Waals surface area (Å²) in [5, 5.41) is 10.6. The van der Waals surface area contributed by atoms with Crippen molar-refractivity contribution >= 4 is 28.6 Å². The number of carboxylic acids is 1. The molecule has 2 aromatic carbocycles. The number of aliphatic carboxylic acids is 1. The van der Waals surface area contributed by atoms with Gasteiger partial charge >= 0.3 is 5.97 Å². The van der Waals surface area contributed by atoms with Gasteiger partial charge in [-0.15, -0.1) is 11.8 Å². The predicted octanol–water partition coefficient (Wildman–Crippen LogP) is 5.78.